The molecule has 1 heterocycles. The smallest absolute Gasteiger partial charge is 0.264 e. The van der Waals surface area contributed by atoms with Crippen LogP contribution in [0.4, 0.5) is 10.1 Å². The van der Waals surface area contributed by atoms with Gasteiger partial charge in [0.15, 0.2) is 16.7 Å². The van der Waals surface area contributed by atoms with E-state index in [1.807, 2.05) is 19.1 Å². The Morgan fingerprint density at radius 2 is 1.79 bits per heavy atom. The van der Waals surface area contributed by atoms with Crippen molar-refractivity contribution < 1.29 is 18.7 Å². The van der Waals surface area contributed by atoms with Crippen molar-refractivity contribution in [3.05, 3.63) is 93.6 Å². The van der Waals surface area contributed by atoms with Crippen molar-refractivity contribution in [1.29, 1.82) is 0 Å². The molecule has 1 amide bonds. The lowest BCUT2D eigenvalue weighted by Crippen LogP contribution is -2.19. The molecule has 1 aliphatic rings. The summed E-state index contributed by atoms with van der Waals surface area (Å²) in [7, 11) is 0. The quantitative estimate of drug-likeness (QED) is 0.399. The summed E-state index contributed by atoms with van der Waals surface area (Å²) in [6.07, 6.45) is 1.77. The van der Waals surface area contributed by atoms with E-state index in [9.17, 15) is 9.18 Å². The van der Waals surface area contributed by atoms with E-state index in [-0.39, 0.29) is 18.3 Å². The lowest BCUT2D eigenvalue weighted by atomic mass is 10.2. The van der Waals surface area contributed by atoms with E-state index in [2.05, 4.69) is 10.3 Å². The van der Waals surface area contributed by atoms with E-state index in [0.29, 0.717) is 38.9 Å². The zero-order chi connectivity index (χ0) is 23.2. The molecule has 8 heteroatoms. The Bertz CT molecular complexity index is 1210. The van der Waals surface area contributed by atoms with Crippen molar-refractivity contribution in [3.63, 3.8) is 0 Å². The van der Waals surface area contributed by atoms with Crippen molar-refractivity contribution in [2.75, 3.05) is 6.61 Å². The number of halogens is 2. The summed E-state index contributed by atoms with van der Waals surface area (Å²) in [5.74, 6) is 0.618. The summed E-state index contributed by atoms with van der Waals surface area (Å²) in [6.45, 7) is 2.62. The fourth-order valence-electron chi connectivity index (χ4n) is 3.01. The van der Waals surface area contributed by atoms with Crippen LogP contribution in [0, 0.1) is 5.82 Å². The fourth-order valence-corrected chi connectivity index (χ4v) is 3.98. The summed E-state index contributed by atoms with van der Waals surface area (Å²) in [5, 5.41) is 3.89. The molecule has 1 N–H and O–H groups in total. The molecule has 3 aromatic carbocycles. The highest BCUT2D eigenvalue weighted by Crippen LogP contribution is 2.33. The summed E-state index contributed by atoms with van der Waals surface area (Å²) in [5.41, 5.74) is 2.33. The number of hydrogen-bond donors (Lipinski definition) is 1. The van der Waals surface area contributed by atoms with Crippen LogP contribution in [-0.4, -0.2) is 17.7 Å². The highest BCUT2D eigenvalue weighted by Gasteiger charge is 2.24. The van der Waals surface area contributed by atoms with Crippen molar-refractivity contribution in [1.82, 2.24) is 5.32 Å². The van der Waals surface area contributed by atoms with Gasteiger partial charge in [-0.1, -0.05) is 29.8 Å². The van der Waals surface area contributed by atoms with Crippen LogP contribution in [0.5, 0.6) is 11.5 Å². The normalized spacial score (nSPS) is 15.7. The first-order valence-electron chi connectivity index (χ1n) is 10.2. The van der Waals surface area contributed by atoms with Crippen LogP contribution in [0.25, 0.3) is 6.08 Å². The Kier molecular flexibility index (Phi) is 7.32. The molecule has 0 radical (unpaired) electrons. The highest BCUT2D eigenvalue weighted by molar-refractivity contribution is 8.18. The summed E-state index contributed by atoms with van der Waals surface area (Å²) >= 11 is 7.16. The van der Waals surface area contributed by atoms with Gasteiger partial charge in [-0.15, -0.1) is 0 Å². The van der Waals surface area contributed by atoms with Gasteiger partial charge in [0.1, 0.15) is 12.4 Å². The van der Waals surface area contributed by atoms with Gasteiger partial charge in [0.05, 0.1) is 17.2 Å². The first-order valence-corrected chi connectivity index (χ1v) is 11.4. The molecule has 5 nitrogen and oxygen atoms in total. The minimum atomic E-state index is -0.290. The lowest BCUT2D eigenvalue weighted by molar-refractivity contribution is -0.115. The lowest BCUT2D eigenvalue weighted by Gasteiger charge is -2.13. The third-order valence-corrected chi connectivity index (χ3v) is 5.74. The van der Waals surface area contributed by atoms with Crippen molar-refractivity contribution >= 4 is 46.2 Å². The fraction of sp³-hybridized carbons (Fsp3) is 0.120. The maximum atomic E-state index is 13.1. The minimum Gasteiger partial charge on any atom is -0.490 e. The van der Waals surface area contributed by atoms with Gasteiger partial charge in [-0.25, -0.2) is 9.38 Å². The van der Waals surface area contributed by atoms with E-state index in [1.54, 1.807) is 48.5 Å². The van der Waals surface area contributed by atoms with E-state index < -0.39 is 0 Å². The molecule has 0 saturated carbocycles. The minimum absolute atomic E-state index is 0.220. The Labute approximate surface area is 200 Å². The first-order chi connectivity index (χ1) is 16.0. The predicted molar refractivity (Wildman–Crippen MR) is 131 cm³/mol. The molecule has 1 fully saturated rings. The predicted octanol–water partition coefficient (Wildman–Crippen LogP) is 6.35. The van der Waals surface area contributed by atoms with Crippen LogP contribution < -0.4 is 14.8 Å². The number of amides is 1. The monoisotopic (exact) mass is 482 g/mol. The number of carbonyl (C=O) groups is 1. The van der Waals surface area contributed by atoms with Gasteiger partial charge in [0, 0.05) is 5.02 Å². The standard InChI is InChI=1S/C25H20ClFN2O3S/c1-2-31-22-13-17(5-12-21(22)32-15-16-3-8-19(27)9-4-16)14-23-24(30)29-25(33-23)28-20-10-6-18(26)7-11-20/h3-14H,2,15H2,1H3,(H,28,29,30)/b23-14-. The number of nitrogens with one attached hydrogen (secondary N) is 1. The summed E-state index contributed by atoms with van der Waals surface area (Å²) in [6, 6.07) is 18.6. The number of amidine groups is 1. The molecule has 3 aromatic rings. The Morgan fingerprint density at radius 1 is 1.03 bits per heavy atom. The molecule has 1 aliphatic heterocycles. The molecule has 0 atom stereocenters. The van der Waals surface area contributed by atoms with Crippen molar-refractivity contribution in [3.8, 4) is 11.5 Å². The number of thioether (sulfide) groups is 1. The van der Waals surface area contributed by atoms with Crippen LogP contribution in [0.2, 0.25) is 5.02 Å². The number of ether oxygens (including phenoxy) is 2. The molecule has 0 spiro atoms. The third-order valence-electron chi connectivity index (χ3n) is 4.58. The second kappa shape index (κ2) is 10.6. The van der Waals surface area contributed by atoms with E-state index >= 15 is 0 Å². The van der Waals surface area contributed by atoms with E-state index in [4.69, 9.17) is 21.1 Å². The van der Waals surface area contributed by atoms with Gasteiger partial charge in [-0.3, -0.25) is 4.79 Å². The zero-order valence-corrected chi connectivity index (χ0v) is 19.3. The molecule has 1 saturated heterocycles. The molecule has 0 unspecified atom stereocenters. The zero-order valence-electron chi connectivity index (χ0n) is 17.7. The molecule has 4 rings (SSSR count). The average Bonchev–Trinajstić information content (AvgIpc) is 3.14. The van der Waals surface area contributed by atoms with Crippen LogP contribution >= 0.6 is 23.4 Å². The van der Waals surface area contributed by atoms with Crippen LogP contribution in [0.15, 0.2) is 76.6 Å². The van der Waals surface area contributed by atoms with Gasteiger partial charge in [0.2, 0.25) is 0 Å². The molecular weight excluding hydrogens is 463 g/mol. The number of hydrogen-bond acceptors (Lipinski definition) is 5. The molecule has 33 heavy (non-hydrogen) atoms. The molecular formula is C25H20ClFN2O3S. The SMILES string of the molecule is CCOc1cc(/C=C2\SC(=Nc3ccc(Cl)cc3)NC2=O)ccc1OCc1ccc(F)cc1. The highest BCUT2D eigenvalue weighted by atomic mass is 35.5. The van der Waals surface area contributed by atoms with Crippen molar-refractivity contribution in [2.24, 2.45) is 4.99 Å². The van der Waals surface area contributed by atoms with Crippen LogP contribution in [-0.2, 0) is 11.4 Å². The number of aliphatic imine (C=N–C) groups is 1. The summed E-state index contributed by atoms with van der Waals surface area (Å²) < 4.78 is 24.7. The average molecular weight is 483 g/mol. The maximum absolute atomic E-state index is 13.1. The largest absolute Gasteiger partial charge is 0.490 e. The van der Waals surface area contributed by atoms with Crippen LogP contribution in [0.3, 0.4) is 0 Å². The molecule has 168 valence electrons. The molecule has 0 aromatic heterocycles. The summed E-state index contributed by atoms with van der Waals surface area (Å²) in [4.78, 5) is 17.4. The topological polar surface area (TPSA) is 59.9 Å². The number of rotatable bonds is 7. The number of benzene rings is 3. The molecule has 0 bridgehead atoms. The second-order valence-electron chi connectivity index (χ2n) is 7.01. The Morgan fingerprint density at radius 3 is 2.52 bits per heavy atom. The second-order valence-corrected chi connectivity index (χ2v) is 8.48. The van der Waals surface area contributed by atoms with Crippen molar-refractivity contribution in [2.45, 2.75) is 13.5 Å². The Hall–Kier alpha value is -3.29. The molecule has 0 aliphatic carbocycles. The third kappa shape index (κ3) is 6.15. The Balaban J connectivity index is 1.49. The maximum Gasteiger partial charge on any atom is 0.264 e. The van der Waals surface area contributed by atoms with Gasteiger partial charge in [-0.2, -0.15) is 0 Å². The number of carbonyl (C=O) groups excluding carboxylic acids is 1. The first kappa shape index (κ1) is 22.9. The van der Waals surface area contributed by atoms with Gasteiger partial charge in [0.25, 0.3) is 5.91 Å². The van der Waals surface area contributed by atoms with E-state index in [0.717, 1.165) is 11.1 Å². The van der Waals surface area contributed by atoms with E-state index in [1.165, 1.54) is 23.9 Å². The van der Waals surface area contributed by atoms with Gasteiger partial charge >= 0.3 is 0 Å². The van der Waals surface area contributed by atoms with Crippen LogP contribution in [0.1, 0.15) is 18.1 Å². The van der Waals surface area contributed by atoms with Gasteiger partial charge in [-0.05, 0) is 84.4 Å². The number of nitrogens with zero attached hydrogens (tertiary/aromatic N) is 1. The van der Waals surface area contributed by atoms with Gasteiger partial charge < -0.3 is 14.8 Å².